The van der Waals surface area contributed by atoms with Crippen molar-refractivity contribution in [1.29, 1.82) is 0 Å². The Bertz CT molecular complexity index is 1940. The van der Waals surface area contributed by atoms with E-state index in [9.17, 15) is 0 Å². The second kappa shape index (κ2) is 13.1. The van der Waals surface area contributed by atoms with Crippen molar-refractivity contribution in [1.82, 2.24) is 9.97 Å². The smallest absolute Gasteiger partial charge is 0.119 e. The number of ether oxygens (including phenoxy) is 2. The van der Waals surface area contributed by atoms with E-state index in [1.165, 1.54) is 9.75 Å². The maximum absolute atomic E-state index is 5.41. The molecule has 0 saturated heterocycles. The Labute approximate surface area is 273 Å². The predicted octanol–water partition coefficient (Wildman–Crippen LogP) is 10.7. The van der Waals surface area contributed by atoms with E-state index in [-0.39, 0.29) is 0 Å². The lowest BCUT2D eigenvalue weighted by atomic mass is 10.1. The van der Waals surface area contributed by atoms with Crippen LogP contribution in [-0.4, -0.2) is 24.2 Å². The summed E-state index contributed by atoms with van der Waals surface area (Å²) >= 11 is 1.77. The molecule has 7 aromatic rings. The van der Waals surface area contributed by atoms with Gasteiger partial charge >= 0.3 is 0 Å². The fourth-order valence-electron chi connectivity index (χ4n) is 5.41. The van der Waals surface area contributed by atoms with E-state index in [0.29, 0.717) is 0 Å². The molecule has 0 amide bonds. The van der Waals surface area contributed by atoms with Gasteiger partial charge in [0.25, 0.3) is 0 Å². The first-order chi connectivity index (χ1) is 22.7. The van der Waals surface area contributed by atoms with Crippen LogP contribution >= 0.6 is 11.3 Å². The van der Waals surface area contributed by atoms with E-state index in [1.54, 1.807) is 25.6 Å². The third-order valence-corrected chi connectivity index (χ3v) is 8.97. The Morgan fingerprint density at radius 3 is 1.59 bits per heavy atom. The number of rotatable bonds is 9. The number of thiophene rings is 1. The number of pyridine rings is 2. The van der Waals surface area contributed by atoms with Crippen molar-refractivity contribution < 1.29 is 9.47 Å². The average molecular weight is 618 g/mol. The fourth-order valence-corrected chi connectivity index (χ4v) is 6.41. The summed E-state index contributed by atoms with van der Waals surface area (Å²) in [6.07, 6.45) is 1.81. The van der Waals surface area contributed by atoms with Gasteiger partial charge in [-0.15, -0.1) is 11.3 Å². The van der Waals surface area contributed by atoms with E-state index in [0.717, 1.165) is 62.3 Å². The zero-order valence-electron chi connectivity index (χ0n) is 25.5. The van der Waals surface area contributed by atoms with E-state index in [1.807, 2.05) is 66.9 Å². The number of anilines is 3. The third kappa shape index (κ3) is 6.11. The zero-order valence-corrected chi connectivity index (χ0v) is 26.3. The highest BCUT2D eigenvalue weighted by Crippen LogP contribution is 2.40. The molecule has 224 valence electrons. The summed E-state index contributed by atoms with van der Waals surface area (Å²) in [5, 5.41) is 0. The molecule has 0 N–H and O–H groups in total. The minimum atomic E-state index is 0.819. The highest BCUT2D eigenvalue weighted by molar-refractivity contribution is 7.18. The summed E-state index contributed by atoms with van der Waals surface area (Å²) < 4.78 is 10.8. The van der Waals surface area contributed by atoms with Gasteiger partial charge in [0.2, 0.25) is 0 Å². The van der Waals surface area contributed by atoms with Crippen molar-refractivity contribution in [3.05, 3.63) is 152 Å². The molecule has 0 bridgehead atoms. The van der Waals surface area contributed by atoms with Gasteiger partial charge in [0, 0.05) is 38.6 Å². The SMILES string of the molecule is COc1ccc(N(c2ccc(OC)cc2)c2ccc(-c3ccc(-c4cc(-c5ccccc5)nc(-c5ccccn5)c4)s3)cc2)cc1. The highest BCUT2D eigenvalue weighted by Gasteiger charge is 2.15. The monoisotopic (exact) mass is 617 g/mol. The van der Waals surface area contributed by atoms with Crippen molar-refractivity contribution in [2.45, 2.75) is 0 Å². The first-order valence-corrected chi connectivity index (χ1v) is 15.8. The van der Waals surface area contributed by atoms with Crippen LogP contribution in [0.5, 0.6) is 11.5 Å². The van der Waals surface area contributed by atoms with E-state index in [2.05, 4.69) is 94.8 Å². The quantitative estimate of drug-likeness (QED) is 0.161. The fraction of sp³-hybridized carbons (Fsp3) is 0.0500. The number of nitrogens with zero attached hydrogens (tertiary/aromatic N) is 3. The average Bonchev–Trinajstić information content (AvgIpc) is 3.64. The van der Waals surface area contributed by atoms with Gasteiger partial charge in [-0.3, -0.25) is 4.98 Å². The van der Waals surface area contributed by atoms with Crippen molar-refractivity contribution in [3.63, 3.8) is 0 Å². The molecular formula is C40H31N3O2S. The molecule has 46 heavy (non-hydrogen) atoms. The molecule has 3 heterocycles. The normalized spacial score (nSPS) is 10.8. The minimum absolute atomic E-state index is 0.819. The largest absolute Gasteiger partial charge is 0.497 e. The van der Waals surface area contributed by atoms with Crippen LogP contribution in [0.15, 0.2) is 152 Å². The van der Waals surface area contributed by atoms with E-state index in [4.69, 9.17) is 14.5 Å². The molecule has 7 rings (SSSR count). The minimum Gasteiger partial charge on any atom is -0.497 e. The molecular weight excluding hydrogens is 587 g/mol. The van der Waals surface area contributed by atoms with Crippen LogP contribution in [0, 0.1) is 0 Å². The molecule has 5 nitrogen and oxygen atoms in total. The summed E-state index contributed by atoms with van der Waals surface area (Å²) in [6.45, 7) is 0. The molecule has 4 aromatic carbocycles. The van der Waals surface area contributed by atoms with Crippen molar-refractivity contribution in [3.8, 4) is 55.0 Å². The second-order valence-corrected chi connectivity index (χ2v) is 11.7. The maximum atomic E-state index is 5.41. The number of benzene rings is 4. The van der Waals surface area contributed by atoms with Crippen LogP contribution in [0.2, 0.25) is 0 Å². The molecule has 0 aliphatic heterocycles. The zero-order chi connectivity index (χ0) is 31.3. The van der Waals surface area contributed by atoms with Gasteiger partial charge in [0.15, 0.2) is 0 Å². The molecule has 0 aliphatic carbocycles. The lowest BCUT2D eigenvalue weighted by Crippen LogP contribution is -2.09. The van der Waals surface area contributed by atoms with E-state index < -0.39 is 0 Å². The summed E-state index contributed by atoms with van der Waals surface area (Å²) in [5.41, 5.74) is 9.11. The van der Waals surface area contributed by atoms with Crippen LogP contribution < -0.4 is 14.4 Å². The van der Waals surface area contributed by atoms with Gasteiger partial charge < -0.3 is 14.4 Å². The van der Waals surface area contributed by atoms with Crippen molar-refractivity contribution >= 4 is 28.4 Å². The Balaban J connectivity index is 1.22. The molecule has 6 heteroatoms. The lowest BCUT2D eigenvalue weighted by molar-refractivity contribution is 0.415. The molecule has 0 fully saturated rings. The topological polar surface area (TPSA) is 47.5 Å². The lowest BCUT2D eigenvalue weighted by Gasteiger charge is -2.26. The summed E-state index contributed by atoms with van der Waals surface area (Å²) in [4.78, 5) is 14.2. The standard InChI is InChI=1S/C40H31N3O2S/c1-44-34-19-15-32(16-20-34)43(33-17-21-35(45-2)22-18-33)31-13-11-29(12-14-31)39-23-24-40(46-39)30-26-37(28-8-4-3-5-9-28)42-38(27-30)36-10-6-7-25-41-36/h3-27H,1-2H3. The van der Waals surface area contributed by atoms with Gasteiger partial charge in [-0.25, -0.2) is 4.98 Å². The number of hydrogen-bond donors (Lipinski definition) is 0. The Morgan fingerprint density at radius 1 is 0.478 bits per heavy atom. The van der Waals surface area contributed by atoms with Crippen molar-refractivity contribution in [2.24, 2.45) is 0 Å². The molecule has 0 unspecified atom stereocenters. The van der Waals surface area contributed by atoms with Crippen LogP contribution in [-0.2, 0) is 0 Å². The first-order valence-electron chi connectivity index (χ1n) is 15.0. The number of hydrogen-bond acceptors (Lipinski definition) is 6. The third-order valence-electron chi connectivity index (χ3n) is 7.78. The van der Waals surface area contributed by atoms with Gasteiger partial charge in [-0.1, -0.05) is 48.5 Å². The molecule has 0 aliphatic rings. The molecule has 3 aromatic heterocycles. The number of aromatic nitrogens is 2. The summed E-state index contributed by atoms with van der Waals surface area (Å²) in [6, 6.07) is 49.8. The number of methoxy groups -OCH3 is 2. The van der Waals surface area contributed by atoms with Crippen molar-refractivity contribution in [2.75, 3.05) is 19.1 Å². The highest BCUT2D eigenvalue weighted by atomic mass is 32.1. The second-order valence-electron chi connectivity index (χ2n) is 10.6. The van der Waals surface area contributed by atoms with Crippen LogP contribution in [0.4, 0.5) is 17.1 Å². The Morgan fingerprint density at radius 2 is 1.02 bits per heavy atom. The molecule has 0 saturated carbocycles. The molecule has 0 atom stereocenters. The van der Waals surface area contributed by atoms with Crippen LogP contribution in [0.3, 0.4) is 0 Å². The predicted molar refractivity (Wildman–Crippen MR) is 189 cm³/mol. The van der Waals surface area contributed by atoms with E-state index >= 15 is 0 Å². The van der Waals surface area contributed by atoms with Gasteiger partial charge in [0.1, 0.15) is 11.5 Å². The van der Waals surface area contributed by atoms with Crippen LogP contribution in [0.25, 0.3) is 43.5 Å². The molecule has 0 spiro atoms. The molecule has 0 radical (unpaired) electrons. The summed E-state index contributed by atoms with van der Waals surface area (Å²) in [5.74, 6) is 1.64. The van der Waals surface area contributed by atoms with Gasteiger partial charge in [0.05, 0.1) is 31.3 Å². The Hall–Kier alpha value is -5.72. The maximum Gasteiger partial charge on any atom is 0.119 e. The van der Waals surface area contributed by atoms with Crippen LogP contribution in [0.1, 0.15) is 0 Å². The Kier molecular flexibility index (Phi) is 8.26. The summed E-state index contributed by atoms with van der Waals surface area (Å²) in [7, 11) is 3.36. The van der Waals surface area contributed by atoms with Gasteiger partial charge in [-0.2, -0.15) is 0 Å². The van der Waals surface area contributed by atoms with Gasteiger partial charge in [-0.05, 0) is 108 Å². The first kappa shape index (κ1) is 29.0.